The number of aliphatic hydroxyl groups is 1. The van der Waals surface area contributed by atoms with Crippen LogP contribution in [0.1, 0.15) is 30.4 Å². The zero-order valence-electron chi connectivity index (χ0n) is 16.7. The molecule has 2 aromatic carbocycles. The molecule has 1 aliphatic heterocycles. The van der Waals surface area contributed by atoms with Gasteiger partial charge in [0.1, 0.15) is 23.1 Å². The Morgan fingerprint density at radius 3 is 2.30 bits per heavy atom. The van der Waals surface area contributed by atoms with Gasteiger partial charge in [0, 0.05) is 48.3 Å². The summed E-state index contributed by atoms with van der Waals surface area (Å²) in [6.45, 7) is 3.78. The van der Waals surface area contributed by atoms with Gasteiger partial charge in [-0.1, -0.05) is 34.7 Å². The quantitative estimate of drug-likeness (QED) is 0.467. The van der Waals surface area contributed by atoms with Crippen molar-refractivity contribution < 1.29 is 18.3 Å². The average molecular weight is 530 g/mol. The van der Waals surface area contributed by atoms with E-state index in [9.17, 15) is 18.3 Å². The molecule has 0 aromatic heterocycles. The highest BCUT2D eigenvalue weighted by atomic mass is 127. The lowest BCUT2D eigenvalue weighted by Crippen LogP contribution is -2.54. The Labute approximate surface area is 189 Å². The zero-order chi connectivity index (χ0) is 21.3. The molecule has 1 heterocycles. The first kappa shape index (κ1) is 22.0. The van der Waals surface area contributed by atoms with E-state index in [-0.39, 0.29) is 15.6 Å². The number of halogens is 4. The topological polar surface area (TPSA) is 26.7 Å². The van der Waals surface area contributed by atoms with Gasteiger partial charge in [-0.15, -0.1) is 0 Å². The molecule has 2 fully saturated rings. The number of hydrogen-bond donors (Lipinski definition) is 1. The van der Waals surface area contributed by atoms with E-state index in [1.165, 1.54) is 24.3 Å². The van der Waals surface area contributed by atoms with E-state index in [4.69, 9.17) is 0 Å². The van der Waals surface area contributed by atoms with Crippen LogP contribution in [0.25, 0.3) is 0 Å². The van der Waals surface area contributed by atoms with Gasteiger partial charge in [0.05, 0.1) is 0 Å². The number of alkyl halides is 1. The highest BCUT2D eigenvalue weighted by Gasteiger charge is 2.43. The third-order valence-electron chi connectivity index (χ3n) is 6.53. The predicted molar refractivity (Wildman–Crippen MR) is 119 cm³/mol. The molecule has 3 unspecified atom stereocenters. The molecule has 1 saturated carbocycles. The van der Waals surface area contributed by atoms with Gasteiger partial charge >= 0.3 is 0 Å². The lowest BCUT2D eigenvalue weighted by atomic mass is 9.77. The van der Waals surface area contributed by atoms with Crippen molar-refractivity contribution in [1.29, 1.82) is 0 Å². The molecule has 30 heavy (non-hydrogen) atoms. The van der Waals surface area contributed by atoms with Crippen LogP contribution in [0.5, 0.6) is 0 Å². The van der Waals surface area contributed by atoms with E-state index in [0.29, 0.717) is 24.6 Å². The molecule has 3 nitrogen and oxygen atoms in total. The molecule has 0 spiro atoms. The Balaban J connectivity index is 1.33. The molecule has 2 aliphatic rings. The van der Waals surface area contributed by atoms with Gasteiger partial charge in [-0.3, -0.25) is 9.80 Å². The molecule has 1 N–H and O–H groups in total. The maximum absolute atomic E-state index is 13.9. The van der Waals surface area contributed by atoms with E-state index >= 15 is 0 Å². The number of piperazine rings is 1. The summed E-state index contributed by atoms with van der Waals surface area (Å²) in [6, 6.07) is 10.2. The van der Waals surface area contributed by atoms with Crippen LogP contribution in [-0.2, 0) is 12.1 Å². The van der Waals surface area contributed by atoms with E-state index in [2.05, 4.69) is 32.4 Å². The van der Waals surface area contributed by atoms with Crippen molar-refractivity contribution in [3.8, 4) is 0 Å². The molecule has 0 amide bonds. The first-order valence-corrected chi connectivity index (χ1v) is 11.6. The summed E-state index contributed by atoms with van der Waals surface area (Å²) in [5.41, 5.74) is 0.253. The van der Waals surface area contributed by atoms with Gasteiger partial charge in [0.15, 0.2) is 0 Å². The fourth-order valence-electron chi connectivity index (χ4n) is 4.68. The molecule has 7 heteroatoms. The molecule has 0 radical (unpaired) electrons. The molecule has 1 saturated heterocycles. The lowest BCUT2D eigenvalue weighted by Gasteiger charge is -2.46. The average Bonchev–Trinajstić information content (AvgIpc) is 2.74. The normalized spacial score (nSPS) is 28.6. The van der Waals surface area contributed by atoms with Crippen LogP contribution in [0.4, 0.5) is 13.2 Å². The molecular weight excluding hydrogens is 504 g/mol. The highest BCUT2D eigenvalue weighted by Crippen LogP contribution is 2.43. The number of nitrogens with zero attached hydrogens (tertiary/aromatic N) is 2. The van der Waals surface area contributed by atoms with Crippen molar-refractivity contribution in [3.63, 3.8) is 0 Å². The van der Waals surface area contributed by atoms with Gasteiger partial charge in [-0.2, -0.15) is 0 Å². The van der Waals surface area contributed by atoms with E-state index in [0.717, 1.165) is 50.7 Å². The smallest absolute Gasteiger partial charge is 0.127 e. The van der Waals surface area contributed by atoms with Gasteiger partial charge in [0.2, 0.25) is 0 Å². The second kappa shape index (κ2) is 9.14. The minimum absolute atomic E-state index is 0.0405. The molecular formula is C23H26F3IN2O. The maximum atomic E-state index is 13.9. The van der Waals surface area contributed by atoms with Crippen molar-refractivity contribution in [2.24, 2.45) is 0 Å². The maximum Gasteiger partial charge on any atom is 0.127 e. The summed E-state index contributed by atoms with van der Waals surface area (Å²) in [5.74, 6) is -1.06. The van der Waals surface area contributed by atoms with Gasteiger partial charge in [-0.05, 0) is 55.2 Å². The number of benzene rings is 2. The Hall–Kier alpha value is -1.16. The van der Waals surface area contributed by atoms with Crippen molar-refractivity contribution in [1.82, 2.24) is 9.80 Å². The van der Waals surface area contributed by atoms with Gasteiger partial charge in [-0.25, -0.2) is 13.2 Å². The van der Waals surface area contributed by atoms with E-state index < -0.39 is 11.4 Å². The van der Waals surface area contributed by atoms with Crippen molar-refractivity contribution >= 4 is 22.6 Å². The predicted octanol–water partition coefficient (Wildman–Crippen LogP) is 4.47. The lowest BCUT2D eigenvalue weighted by molar-refractivity contribution is -0.0216. The fraction of sp³-hybridized carbons (Fsp3) is 0.478. The second-order valence-electron chi connectivity index (χ2n) is 8.37. The summed E-state index contributed by atoms with van der Waals surface area (Å²) in [7, 11) is 0. The zero-order valence-corrected chi connectivity index (χ0v) is 18.9. The first-order chi connectivity index (χ1) is 14.3. The minimum atomic E-state index is -0.929. The van der Waals surface area contributed by atoms with Crippen molar-refractivity contribution in [2.45, 2.75) is 41.4 Å². The van der Waals surface area contributed by atoms with Crippen LogP contribution in [0, 0.1) is 17.5 Å². The number of rotatable bonds is 4. The standard InChI is InChI=1S/C23H26F3IN2O/c24-18-3-1-17(2-4-18)23(30)8-7-20(14-22(23)27)29-11-9-28(10-12-29)15-16-13-19(25)5-6-21(16)26/h1-6,13,20,22,30H,7-12,14-15H2. The molecule has 4 rings (SSSR count). The second-order valence-corrected chi connectivity index (χ2v) is 9.88. The first-order valence-electron chi connectivity index (χ1n) is 10.4. The van der Waals surface area contributed by atoms with Crippen LogP contribution in [0.2, 0.25) is 0 Å². The van der Waals surface area contributed by atoms with Crippen LogP contribution < -0.4 is 0 Å². The van der Waals surface area contributed by atoms with Crippen LogP contribution >= 0.6 is 22.6 Å². The highest BCUT2D eigenvalue weighted by molar-refractivity contribution is 14.1. The van der Waals surface area contributed by atoms with Crippen LogP contribution in [-0.4, -0.2) is 51.1 Å². The van der Waals surface area contributed by atoms with Gasteiger partial charge in [0.25, 0.3) is 0 Å². The molecule has 1 aliphatic carbocycles. The SMILES string of the molecule is OC1(c2ccc(F)cc2)CCC(N2CCN(Cc3cc(F)ccc3F)CC2)CC1I. The third-order valence-corrected chi connectivity index (χ3v) is 8.06. The molecule has 0 bridgehead atoms. The molecule has 2 aromatic rings. The summed E-state index contributed by atoms with van der Waals surface area (Å²) in [6.07, 6.45) is 2.39. The van der Waals surface area contributed by atoms with Gasteiger partial charge < -0.3 is 5.11 Å². The largest absolute Gasteiger partial charge is 0.384 e. The van der Waals surface area contributed by atoms with Crippen LogP contribution in [0.15, 0.2) is 42.5 Å². The summed E-state index contributed by atoms with van der Waals surface area (Å²) < 4.78 is 40.6. The van der Waals surface area contributed by atoms with E-state index in [1.807, 2.05) is 0 Å². The Kier molecular flexibility index (Phi) is 6.72. The molecule has 3 atom stereocenters. The monoisotopic (exact) mass is 530 g/mol. The van der Waals surface area contributed by atoms with Crippen LogP contribution in [0.3, 0.4) is 0 Å². The summed E-state index contributed by atoms with van der Waals surface area (Å²) in [5, 5.41) is 11.2. The summed E-state index contributed by atoms with van der Waals surface area (Å²) >= 11 is 2.33. The number of hydrogen-bond acceptors (Lipinski definition) is 3. The Bertz CT molecular complexity index is 873. The minimum Gasteiger partial charge on any atom is -0.384 e. The molecule has 162 valence electrons. The van der Waals surface area contributed by atoms with E-state index in [1.54, 1.807) is 12.1 Å². The van der Waals surface area contributed by atoms with Crippen molar-refractivity contribution in [3.05, 3.63) is 71.0 Å². The van der Waals surface area contributed by atoms with Crippen molar-refractivity contribution in [2.75, 3.05) is 26.2 Å². The third kappa shape index (κ3) is 4.69. The Morgan fingerprint density at radius 2 is 1.63 bits per heavy atom. The fourth-order valence-corrected chi connectivity index (χ4v) is 5.94. The Morgan fingerprint density at radius 1 is 0.967 bits per heavy atom. The summed E-state index contributed by atoms with van der Waals surface area (Å²) in [4.78, 5) is 4.61.